The first kappa shape index (κ1) is 15.2. The van der Waals surface area contributed by atoms with Crippen LogP contribution < -0.4 is 5.32 Å². The first-order chi connectivity index (χ1) is 10.7. The number of carbonyl (C=O) groups is 2. The van der Waals surface area contributed by atoms with Crippen molar-refractivity contribution in [2.24, 2.45) is 0 Å². The van der Waals surface area contributed by atoms with Gasteiger partial charge in [0.05, 0.1) is 6.20 Å². The number of aromatic nitrogens is 2. The molecule has 0 aliphatic carbocycles. The highest BCUT2D eigenvalue weighted by molar-refractivity contribution is 7.10. The number of urea groups is 1. The van der Waals surface area contributed by atoms with Crippen LogP contribution in [0.25, 0.3) is 0 Å². The Labute approximate surface area is 132 Å². The molecule has 2 aliphatic rings. The fourth-order valence-corrected chi connectivity index (χ4v) is 3.13. The Morgan fingerprint density at radius 2 is 2.05 bits per heavy atom. The number of amides is 3. The van der Waals surface area contributed by atoms with Gasteiger partial charge < -0.3 is 14.5 Å². The van der Waals surface area contributed by atoms with Crippen molar-refractivity contribution < 1.29 is 14.3 Å². The normalized spacial score (nSPS) is 22.5. The van der Waals surface area contributed by atoms with Crippen LogP contribution in [0.5, 0.6) is 0 Å². The maximum absolute atomic E-state index is 12.4. The van der Waals surface area contributed by atoms with Gasteiger partial charge in [-0.3, -0.25) is 10.1 Å². The second-order valence-electron chi connectivity index (χ2n) is 5.38. The molecule has 120 valence electrons. The number of hydrogen-bond donors (Lipinski definition) is 1. The highest BCUT2D eigenvalue weighted by Gasteiger charge is 2.30. The molecule has 22 heavy (non-hydrogen) atoms. The van der Waals surface area contributed by atoms with Crippen molar-refractivity contribution in [2.45, 2.75) is 25.4 Å². The quantitative estimate of drug-likeness (QED) is 0.868. The number of nitrogens with one attached hydrogen (secondary N) is 1. The van der Waals surface area contributed by atoms with Crippen LogP contribution in [0.15, 0.2) is 6.20 Å². The lowest BCUT2D eigenvalue weighted by Gasteiger charge is -2.24. The van der Waals surface area contributed by atoms with Crippen LogP contribution in [-0.4, -0.2) is 70.2 Å². The average molecular weight is 325 g/mol. The number of ether oxygens (including phenoxy) is 1. The van der Waals surface area contributed by atoms with Crippen molar-refractivity contribution in [1.29, 1.82) is 0 Å². The molecule has 2 aliphatic heterocycles. The summed E-state index contributed by atoms with van der Waals surface area (Å²) in [6.07, 6.45) is 3.75. The number of nitrogens with zero attached hydrogens (tertiary/aromatic N) is 4. The number of hydrogen-bond acceptors (Lipinski definition) is 6. The van der Waals surface area contributed by atoms with E-state index in [-0.39, 0.29) is 18.0 Å². The highest BCUT2D eigenvalue weighted by Crippen LogP contribution is 2.17. The van der Waals surface area contributed by atoms with E-state index >= 15 is 0 Å². The largest absolute Gasteiger partial charge is 0.368 e. The predicted octanol–water partition coefficient (Wildman–Crippen LogP) is 0.783. The van der Waals surface area contributed by atoms with Gasteiger partial charge in [-0.2, -0.15) is 0 Å². The van der Waals surface area contributed by atoms with Gasteiger partial charge in [-0.1, -0.05) is 4.49 Å². The van der Waals surface area contributed by atoms with E-state index in [4.69, 9.17) is 4.74 Å². The molecule has 2 saturated heterocycles. The van der Waals surface area contributed by atoms with Crippen molar-refractivity contribution in [3.05, 3.63) is 6.20 Å². The van der Waals surface area contributed by atoms with Gasteiger partial charge in [0.1, 0.15) is 11.1 Å². The summed E-state index contributed by atoms with van der Waals surface area (Å²) in [5.41, 5.74) is 0. The van der Waals surface area contributed by atoms with Gasteiger partial charge in [0.15, 0.2) is 0 Å². The minimum atomic E-state index is -0.288. The molecular formula is C13H19N5O3S. The Morgan fingerprint density at radius 1 is 1.23 bits per heavy atom. The van der Waals surface area contributed by atoms with Crippen molar-refractivity contribution >= 4 is 28.5 Å². The lowest BCUT2D eigenvalue weighted by Crippen LogP contribution is -2.42. The maximum atomic E-state index is 12.4. The summed E-state index contributed by atoms with van der Waals surface area (Å²) < 4.78 is 9.17. The SMILES string of the molecule is O=C(Nc1cnns1)N1CCCN(C(=O)[C@H]2CCCO2)CC1. The third-order valence-electron chi connectivity index (χ3n) is 3.89. The van der Waals surface area contributed by atoms with E-state index < -0.39 is 0 Å². The van der Waals surface area contributed by atoms with Gasteiger partial charge in [0.2, 0.25) is 0 Å². The van der Waals surface area contributed by atoms with Crippen LogP contribution in [0.4, 0.5) is 9.80 Å². The maximum Gasteiger partial charge on any atom is 0.322 e. The van der Waals surface area contributed by atoms with Crippen LogP contribution in [0.1, 0.15) is 19.3 Å². The van der Waals surface area contributed by atoms with E-state index in [0.717, 1.165) is 30.8 Å². The molecule has 0 saturated carbocycles. The molecule has 1 aromatic rings. The van der Waals surface area contributed by atoms with E-state index in [1.807, 2.05) is 4.90 Å². The van der Waals surface area contributed by atoms with E-state index in [9.17, 15) is 9.59 Å². The number of anilines is 1. The van der Waals surface area contributed by atoms with Gasteiger partial charge in [-0.25, -0.2) is 4.79 Å². The molecule has 1 atom stereocenters. The molecule has 3 amide bonds. The van der Waals surface area contributed by atoms with E-state index in [2.05, 4.69) is 14.9 Å². The minimum Gasteiger partial charge on any atom is -0.368 e. The molecule has 3 heterocycles. The molecule has 0 radical (unpaired) electrons. The number of carbonyl (C=O) groups excluding carboxylic acids is 2. The third-order valence-corrected chi connectivity index (χ3v) is 4.47. The monoisotopic (exact) mass is 325 g/mol. The Kier molecular flexibility index (Phi) is 4.84. The fourth-order valence-electron chi connectivity index (χ4n) is 2.72. The van der Waals surface area contributed by atoms with Crippen molar-refractivity contribution in [3.8, 4) is 0 Å². The molecule has 3 rings (SSSR count). The molecule has 0 aromatic carbocycles. The molecule has 2 fully saturated rings. The molecule has 0 bridgehead atoms. The molecule has 9 heteroatoms. The highest BCUT2D eigenvalue weighted by atomic mass is 32.1. The smallest absolute Gasteiger partial charge is 0.322 e. The first-order valence-corrected chi connectivity index (χ1v) is 8.25. The van der Waals surface area contributed by atoms with Crippen LogP contribution >= 0.6 is 11.5 Å². The standard InChI is InChI=1S/C13H19N5O3S/c19-12(10-3-1-8-21-10)17-4-2-5-18(7-6-17)13(20)15-11-9-14-16-22-11/h9-10H,1-8H2,(H,15,20)/t10-/m1/s1. The zero-order valence-corrected chi connectivity index (χ0v) is 13.0. The van der Waals surface area contributed by atoms with E-state index in [0.29, 0.717) is 37.8 Å². The molecule has 0 spiro atoms. The second-order valence-corrected chi connectivity index (χ2v) is 6.17. The molecule has 1 aromatic heterocycles. The Morgan fingerprint density at radius 3 is 2.77 bits per heavy atom. The Hall–Kier alpha value is -1.74. The summed E-state index contributed by atoms with van der Waals surface area (Å²) >= 11 is 1.14. The molecular weight excluding hydrogens is 306 g/mol. The van der Waals surface area contributed by atoms with Gasteiger partial charge in [-0.05, 0) is 19.3 Å². The van der Waals surface area contributed by atoms with Crippen LogP contribution in [0, 0.1) is 0 Å². The zero-order chi connectivity index (χ0) is 15.4. The van der Waals surface area contributed by atoms with Crippen LogP contribution in [-0.2, 0) is 9.53 Å². The first-order valence-electron chi connectivity index (χ1n) is 7.48. The summed E-state index contributed by atoms with van der Waals surface area (Å²) in [4.78, 5) is 28.1. The van der Waals surface area contributed by atoms with Crippen molar-refractivity contribution in [1.82, 2.24) is 19.4 Å². The van der Waals surface area contributed by atoms with Crippen LogP contribution in [0.2, 0.25) is 0 Å². The van der Waals surface area contributed by atoms with Gasteiger partial charge >= 0.3 is 6.03 Å². The fraction of sp³-hybridized carbons (Fsp3) is 0.692. The summed E-state index contributed by atoms with van der Waals surface area (Å²) in [5, 5.41) is 7.08. The predicted molar refractivity (Wildman–Crippen MR) is 80.7 cm³/mol. The topological polar surface area (TPSA) is 87.7 Å². The third kappa shape index (κ3) is 3.53. The molecule has 0 unspecified atom stereocenters. The van der Waals surface area contributed by atoms with Crippen molar-refractivity contribution in [2.75, 3.05) is 38.1 Å². The Bertz CT molecular complexity index is 518. The van der Waals surface area contributed by atoms with E-state index in [1.165, 1.54) is 6.20 Å². The van der Waals surface area contributed by atoms with E-state index in [1.54, 1.807) is 4.90 Å². The second kappa shape index (κ2) is 7.01. The lowest BCUT2D eigenvalue weighted by atomic mass is 10.2. The lowest BCUT2D eigenvalue weighted by molar-refractivity contribution is -0.140. The summed E-state index contributed by atoms with van der Waals surface area (Å²) in [6.45, 7) is 3.04. The summed E-state index contributed by atoms with van der Waals surface area (Å²) in [7, 11) is 0. The minimum absolute atomic E-state index is 0.0615. The Balaban J connectivity index is 1.53. The summed E-state index contributed by atoms with van der Waals surface area (Å²) in [6, 6.07) is -0.169. The molecule has 1 N–H and O–H groups in total. The van der Waals surface area contributed by atoms with Gasteiger partial charge in [0, 0.05) is 44.3 Å². The number of rotatable bonds is 2. The van der Waals surface area contributed by atoms with Crippen LogP contribution in [0.3, 0.4) is 0 Å². The van der Waals surface area contributed by atoms with Gasteiger partial charge in [0.25, 0.3) is 5.91 Å². The average Bonchev–Trinajstić information content (AvgIpc) is 3.16. The summed E-state index contributed by atoms with van der Waals surface area (Å²) in [5.74, 6) is 0.0615. The van der Waals surface area contributed by atoms with Gasteiger partial charge in [-0.15, -0.1) is 5.10 Å². The van der Waals surface area contributed by atoms with Crippen molar-refractivity contribution in [3.63, 3.8) is 0 Å². The molecule has 8 nitrogen and oxygen atoms in total. The zero-order valence-electron chi connectivity index (χ0n) is 12.2.